The van der Waals surface area contributed by atoms with Gasteiger partial charge in [0.25, 0.3) is 0 Å². The Morgan fingerprint density at radius 1 is 1.20 bits per heavy atom. The highest BCUT2D eigenvalue weighted by atomic mass is 16.7. The topological polar surface area (TPSA) is 125 Å². The van der Waals surface area contributed by atoms with Crippen LogP contribution in [0.2, 0.25) is 0 Å². The number of nitrogen functional groups attached to an aromatic ring is 1. The van der Waals surface area contributed by atoms with Gasteiger partial charge in [-0.15, -0.1) is 0 Å². The maximum atomic E-state index is 14.2. The first-order valence-electron chi connectivity index (χ1n) is 14.9. The zero-order chi connectivity index (χ0) is 29.3. The van der Waals surface area contributed by atoms with E-state index in [1.165, 1.54) is 0 Å². The highest BCUT2D eigenvalue weighted by molar-refractivity contribution is 6.01. The van der Waals surface area contributed by atoms with Crippen LogP contribution in [0.5, 0.6) is 0 Å². The normalized spacial score (nSPS) is 40.8. The van der Waals surface area contributed by atoms with Crippen LogP contribution >= 0.6 is 0 Å². The third kappa shape index (κ3) is 4.24. The molecule has 5 aliphatic rings. The lowest BCUT2D eigenvalue weighted by Gasteiger charge is -2.59. The number of nitrogens with two attached hydrogens (primary N) is 1. The molecule has 1 heterocycles. The predicted octanol–water partition coefficient (Wildman–Crippen LogP) is 3.95. The van der Waals surface area contributed by atoms with E-state index in [4.69, 9.17) is 19.9 Å². The van der Waals surface area contributed by atoms with Crippen LogP contribution in [-0.2, 0) is 35.0 Å². The number of hydrogen-bond donors (Lipinski definition) is 2. The van der Waals surface area contributed by atoms with Gasteiger partial charge in [-0.2, -0.15) is 0 Å². The summed E-state index contributed by atoms with van der Waals surface area (Å²) in [5, 5.41) is 11.9. The molecule has 4 aliphatic carbocycles. The molecule has 0 spiro atoms. The van der Waals surface area contributed by atoms with E-state index in [2.05, 4.69) is 13.8 Å². The number of ketones is 2. The molecule has 220 valence electrons. The first-order valence-corrected chi connectivity index (χ1v) is 14.9. The van der Waals surface area contributed by atoms with Gasteiger partial charge in [-0.3, -0.25) is 14.4 Å². The molecule has 0 bridgehead atoms. The Labute approximate surface area is 241 Å². The van der Waals surface area contributed by atoms with Gasteiger partial charge in [0.15, 0.2) is 24.3 Å². The zero-order valence-corrected chi connectivity index (χ0v) is 24.3. The van der Waals surface area contributed by atoms with Crippen LogP contribution in [0.1, 0.15) is 58.9 Å². The average molecular weight is 564 g/mol. The number of carbonyl (C=O) groups is 3. The molecule has 9 atom stereocenters. The van der Waals surface area contributed by atoms with Crippen LogP contribution in [0.25, 0.3) is 0 Å². The van der Waals surface area contributed by atoms with Crippen molar-refractivity contribution in [2.24, 2.45) is 34.5 Å². The summed E-state index contributed by atoms with van der Waals surface area (Å²) >= 11 is 0. The van der Waals surface area contributed by atoms with E-state index in [9.17, 15) is 19.5 Å². The molecule has 8 nitrogen and oxygen atoms in total. The van der Waals surface area contributed by atoms with Crippen molar-refractivity contribution < 1.29 is 33.7 Å². The van der Waals surface area contributed by atoms with E-state index < -0.39 is 47.5 Å². The molecule has 4 fully saturated rings. The van der Waals surface area contributed by atoms with Gasteiger partial charge in [0, 0.05) is 28.9 Å². The standard InChI is InChI=1S/C33H41NO7/c1-18(2)30(38)39-17-26(37)33-27(40-28(41-33)13-19-5-8-21(34)9-6-19)15-24-23-10-7-20-14-22(35)11-12-31(20,3)29(23)25(36)16-32(24,33)4/h5-6,8-9,11-12,14,18,23-25,27-29,36H,7,10,13,15-17,34H2,1-4H3/t23-,24-,25-,27+,28?,29?,31-,32-,33+/m0/s1. The first-order chi connectivity index (χ1) is 19.4. The molecule has 2 unspecified atom stereocenters. The van der Waals surface area contributed by atoms with Crippen molar-refractivity contribution >= 4 is 23.2 Å². The molecule has 1 aliphatic heterocycles. The summed E-state index contributed by atoms with van der Waals surface area (Å²) in [7, 11) is 0. The lowest BCUT2D eigenvalue weighted by atomic mass is 9.46. The van der Waals surface area contributed by atoms with Crippen molar-refractivity contribution in [2.45, 2.75) is 83.9 Å². The molecule has 8 heteroatoms. The molecular formula is C33H41NO7. The van der Waals surface area contributed by atoms with Gasteiger partial charge in [0.2, 0.25) is 5.78 Å². The van der Waals surface area contributed by atoms with Crippen molar-refractivity contribution in [2.75, 3.05) is 12.3 Å². The van der Waals surface area contributed by atoms with E-state index in [0.29, 0.717) is 24.9 Å². The number of Topliss-reactive ketones (excluding diaryl/α,β-unsaturated/α-hetero) is 1. The quantitative estimate of drug-likeness (QED) is 0.394. The minimum absolute atomic E-state index is 0.00380. The van der Waals surface area contributed by atoms with Crippen LogP contribution in [0.15, 0.2) is 48.1 Å². The fourth-order valence-electron chi connectivity index (χ4n) is 8.99. The Kier molecular flexibility index (Phi) is 6.83. The van der Waals surface area contributed by atoms with Crippen molar-refractivity contribution in [1.82, 2.24) is 0 Å². The number of hydrogen-bond acceptors (Lipinski definition) is 8. The average Bonchev–Trinajstić information content (AvgIpc) is 3.40. The number of fused-ring (bicyclic) bond motifs is 7. The van der Waals surface area contributed by atoms with Crippen molar-refractivity contribution in [3.05, 3.63) is 53.6 Å². The number of aliphatic hydroxyl groups excluding tert-OH is 1. The lowest BCUT2D eigenvalue weighted by molar-refractivity contribution is -0.200. The first kappa shape index (κ1) is 28.3. The summed E-state index contributed by atoms with van der Waals surface area (Å²) in [6.45, 7) is 7.25. The molecular weight excluding hydrogens is 522 g/mol. The molecule has 3 N–H and O–H groups in total. The van der Waals surface area contributed by atoms with E-state index in [1.807, 2.05) is 30.3 Å². The fraction of sp³-hybridized carbons (Fsp3) is 0.606. The van der Waals surface area contributed by atoms with Crippen LogP contribution in [0.3, 0.4) is 0 Å². The minimum Gasteiger partial charge on any atom is -0.457 e. The summed E-state index contributed by atoms with van der Waals surface area (Å²) in [4.78, 5) is 38.8. The smallest absolute Gasteiger partial charge is 0.308 e. The van der Waals surface area contributed by atoms with E-state index >= 15 is 0 Å². The molecule has 1 aromatic carbocycles. The summed E-state index contributed by atoms with van der Waals surface area (Å²) in [6, 6.07) is 7.49. The highest BCUT2D eigenvalue weighted by Crippen LogP contribution is 2.69. The Morgan fingerprint density at radius 3 is 2.63 bits per heavy atom. The minimum atomic E-state index is -1.35. The molecule has 0 amide bonds. The van der Waals surface area contributed by atoms with Crippen molar-refractivity contribution in [3.8, 4) is 0 Å². The SMILES string of the molecule is CC(C)C(=O)OCC(=O)[C@@]12OC(Cc3ccc(N)cc3)O[C@@H]1C[C@H]1[C@@H]3CCC4=CC(=O)C=C[C@]4(C)C3[C@@H](O)C[C@@]12C. The molecule has 1 saturated heterocycles. The van der Waals surface area contributed by atoms with Crippen molar-refractivity contribution in [3.63, 3.8) is 0 Å². The highest BCUT2D eigenvalue weighted by Gasteiger charge is 2.76. The van der Waals surface area contributed by atoms with Gasteiger partial charge in [0.1, 0.15) is 0 Å². The number of esters is 1. The lowest BCUT2D eigenvalue weighted by Crippen LogP contribution is -2.63. The second-order valence-electron chi connectivity index (χ2n) is 13.5. The summed E-state index contributed by atoms with van der Waals surface area (Å²) < 4.78 is 18.7. The zero-order valence-electron chi connectivity index (χ0n) is 24.3. The Balaban J connectivity index is 1.34. The maximum Gasteiger partial charge on any atom is 0.308 e. The molecule has 1 aromatic rings. The molecule has 3 saturated carbocycles. The van der Waals surface area contributed by atoms with Gasteiger partial charge < -0.3 is 25.1 Å². The second kappa shape index (κ2) is 9.89. The molecule has 0 radical (unpaired) electrons. The number of benzene rings is 1. The van der Waals surface area contributed by atoms with Gasteiger partial charge in [-0.1, -0.05) is 51.5 Å². The van der Waals surface area contributed by atoms with Gasteiger partial charge in [-0.05, 0) is 67.4 Å². The third-order valence-electron chi connectivity index (χ3n) is 10.9. The van der Waals surface area contributed by atoms with E-state index in [-0.39, 0.29) is 35.2 Å². The fourth-order valence-corrected chi connectivity index (χ4v) is 8.99. The number of aliphatic hydroxyl groups is 1. The predicted molar refractivity (Wildman–Crippen MR) is 151 cm³/mol. The van der Waals surface area contributed by atoms with Crippen LogP contribution in [0, 0.1) is 34.5 Å². The number of rotatable bonds is 6. The Morgan fingerprint density at radius 2 is 1.93 bits per heavy atom. The van der Waals surface area contributed by atoms with Crippen LogP contribution < -0.4 is 5.73 Å². The van der Waals surface area contributed by atoms with E-state index in [0.717, 1.165) is 24.0 Å². The van der Waals surface area contributed by atoms with Crippen LogP contribution in [-0.4, -0.2) is 53.3 Å². The van der Waals surface area contributed by atoms with Gasteiger partial charge in [-0.25, -0.2) is 0 Å². The summed E-state index contributed by atoms with van der Waals surface area (Å²) in [5.74, 6) is -1.04. The largest absolute Gasteiger partial charge is 0.457 e. The van der Waals surface area contributed by atoms with Gasteiger partial charge in [0.05, 0.1) is 18.1 Å². The summed E-state index contributed by atoms with van der Waals surface area (Å²) in [6.07, 6.45) is 6.43. The Hall–Kier alpha value is -2.81. The number of anilines is 1. The maximum absolute atomic E-state index is 14.2. The molecule has 0 aromatic heterocycles. The second-order valence-corrected chi connectivity index (χ2v) is 13.5. The van der Waals surface area contributed by atoms with Crippen molar-refractivity contribution in [1.29, 1.82) is 0 Å². The monoisotopic (exact) mass is 563 g/mol. The third-order valence-corrected chi connectivity index (χ3v) is 10.9. The number of allylic oxidation sites excluding steroid dienone is 4. The van der Waals surface area contributed by atoms with E-state index in [1.54, 1.807) is 26.0 Å². The van der Waals surface area contributed by atoms with Crippen LogP contribution in [0.4, 0.5) is 5.69 Å². The number of carbonyl (C=O) groups excluding carboxylic acids is 3. The van der Waals surface area contributed by atoms with Gasteiger partial charge >= 0.3 is 5.97 Å². The molecule has 6 rings (SSSR count). The summed E-state index contributed by atoms with van der Waals surface area (Å²) in [5.41, 5.74) is 6.08. The number of ether oxygens (including phenoxy) is 3. The molecule has 41 heavy (non-hydrogen) atoms. The Bertz CT molecular complexity index is 1320.